The zero-order valence-electron chi connectivity index (χ0n) is 12.9. The molecule has 27 heavy (non-hydrogen) atoms. The summed E-state index contributed by atoms with van der Waals surface area (Å²) in [6, 6.07) is 6.63. The van der Waals surface area contributed by atoms with E-state index in [4.69, 9.17) is 27.4 Å². The number of halogens is 6. The van der Waals surface area contributed by atoms with Crippen LogP contribution >= 0.6 is 45.8 Å². The van der Waals surface area contributed by atoms with Crippen molar-refractivity contribution in [2.75, 3.05) is 0 Å². The molecule has 0 saturated heterocycles. The number of alkyl halides is 3. The van der Waals surface area contributed by atoms with Gasteiger partial charge in [-0.25, -0.2) is 0 Å². The topological polar surface area (TPSA) is 56.3 Å². The smallest absolute Gasteiger partial charge is 0.375 e. The van der Waals surface area contributed by atoms with Gasteiger partial charge >= 0.3 is 16.3 Å². The maximum absolute atomic E-state index is 12.9. The zero-order valence-corrected chi connectivity index (χ0v) is 17.4. The Bertz CT molecular complexity index is 1150. The molecular formula is C16H7Cl2F3INO3S. The van der Waals surface area contributed by atoms with E-state index in [9.17, 15) is 21.6 Å². The molecular weight excluding hydrogens is 541 g/mol. The first-order chi connectivity index (χ1) is 12.5. The molecule has 1 aromatic heterocycles. The van der Waals surface area contributed by atoms with E-state index < -0.39 is 31.8 Å². The number of hydrogen-bond donors (Lipinski definition) is 0. The second-order valence-corrected chi connectivity index (χ2v) is 8.74. The molecule has 0 N–H and O–H groups in total. The zero-order chi connectivity index (χ0) is 20.0. The summed E-state index contributed by atoms with van der Waals surface area (Å²) in [6.07, 6.45) is -3.33. The summed E-state index contributed by atoms with van der Waals surface area (Å²) in [5, 5.41) is 0.355. The van der Waals surface area contributed by atoms with E-state index in [1.807, 2.05) is 0 Å². The molecule has 11 heteroatoms. The van der Waals surface area contributed by atoms with E-state index in [0.717, 1.165) is 6.07 Å². The molecule has 0 aliphatic heterocycles. The Morgan fingerprint density at radius 2 is 1.78 bits per heavy atom. The second kappa shape index (κ2) is 7.26. The Morgan fingerprint density at radius 1 is 1.07 bits per heavy atom. The third-order valence-electron chi connectivity index (χ3n) is 3.47. The van der Waals surface area contributed by atoms with Crippen LogP contribution in [0.2, 0.25) is 10.0 Å². The minimum atomic E-state index is -4.74. The highest BCUT2D eigenvalue weighted by Crippen LogP contribution is 2.38. The molecule has 4 nitrogen and oxygen atoms in total. The van der Waals surface area contributed by atoms with Crippen molar-refractivity contribution in [1.29, 1.82) is 0 Å². The number of pyridine rings is 1. The molecule has 1 heterocycles. The van der Waals surface area contributed by atoms with Crippen LogP contribution in [0.4, 0.5) is 13.2 Å². The minimum absolute atomic E-state index is 0.149. The Kier molecular flexibility index (Phi) is 5.50. The largest absolute Gasteiger partial charge is 0.416 e. The molecule has 0 bridgehead atoms. The van der Waals surface area contributed by atoms with Crippen molar-refractivity contribution >= 4 is 66.8 Å². The molecule has 0 unspecified atom stereocenters. The minimum Gasteiger partial charge on any atom is -0.375 e. The van der Waals surface area contributed by atoms with Crippen molar-refractivity contribution in [3.05, 3.63) is 61.8 Å². The summed E-state index contributed by atoms with van der Waals surface area (Å²) >= 11 is 13.7. The van der Waals surface area contributed by atoms with Gasteiger partial charge < -0.3 is 4.18 Å². The third-order valence-corrected chi connectivity index (χ3v) is 6.29. The maximum Gasteiger partial charge on any atom is 0.416 e. The lowest BCUT2D eigenvalue weighted by molar-refractivity contribution is -0.137. The summed E-state index contributed by atoms with van der Waals surface area (Å²) in [5.41, 5.74) is -1.01. The number of nitrogens with zero attached hydrogens (tertiary/aromatic N) is 1. The van der Waals surface area contributed by atoms with Crippen molar-refractivity contribution in [2.24, 2.45) is 0 Å². The van der Waals surface area contributed by atoms with Gasteiger partial charge in [-0.3, -0.25) is 4.98 Å². The summed E-state index contributed by atoms with van der Waals surface area (Å²) in [4.78, 5) is 3.27. The molecule has 0 saturated carbocycles. The SMILES string of the molecule is O=S(=O)(Oc1c(I)cc(Cl)c2cccnc12)c1cc(C(F)(F)F)ccc1Cl. The van der Waals surface area contributed by atoms with Crippen LogP contribution in [0.5, 0.6) is 5.75 Å². The molecule has 0 spiro atoms. The van der Waals surface area contributed by atoms with Crippen molar-refractivity contribution in [3.8, 4) is 5.75 Å². The van der Waals surface area contributed by atoms with Gasteiger partial charge in [0.15, 0.2) is 5.75 Å². The summed E-state index contributed by atoms with van der Waals surface area (Å²) in [5.74, 6) is -0.149. The fraction of sp³-hybridized carbons (Fsp3) is 0.0625. The van der Waals surface area contributed by atoms with E-state index in [1.165, 1.54) is 12.3 Å². The summed E-state index contributed by atoms with van der Waals surface area (Å²) in [6.45, 7) is 0. The lowest BCUT2D eigenvalue weighted by atomic mass is 10.2. The highest BCUT2D eigenvalue weighted by atomic mass is 127. The van der Waals surface area contributed by atoms with Crippen LogP contribution in [-0.4, -0.2) is 13.4 Å². The lowest BCUT2D eigenvalue weighted by Gasteiger charge is -2.14. The average molecular weight is 548 g/mol. The van der Waals surface area contributed by atoms with E-state index in [2.05, 4.69) is 4.98 Å². The highest BCUT2D eigenvalue weighted by molar-refractivity contribution is 14.1. The van der Waals surface area contributed by atoms with Crippen molar-refractivity contribution < 1.29 is 25.8 Å². The van der Waals surface area contributed by atoms with E-state index in [0.29, 0.717) is 26.1 Å². The van der Waals surface area contributed by atoms with Crippen LogP contribution in [0.1, 0.15) is 5.56 Å². The quantitative estimate of drug-likeness (QED) is 0.301. The first-order valence-corrected chi connectivity index (χ1v) is 10.3. The van der Waals surface area contributed by atoms with Gasteiger partial charge in [-0.2, -0.15) is 21.6 Å². The first-order valence-electron chi connectivity index (χ1n) is 7.04. The number of rotatable bonds is 3. The second-order valence-electron chi connectivity index (χ2n) is 5.25. The molecule has 0 fully saturated rings. The van der Waals surface area contributed by atoms with Gasteiger partial charge in [0.1, 0.15) is 10.4 Å². The molecule has 0 amide bonds. The molecule has 0 radical (unpaired) electrons. The molecule has 0 atom stereocenters. The van der Waals surface area contributed by atoms with Crippen molar-refractivity contribution in [2.45, 2.75) is 11.1 Å². The van der Waals surface area contributed by atoms with Gasteiger partial charge in [0, 0.05) is 11.6 Å². The van der Waals surface area contributed by atoms with E-state index >= 15 is 0 Å². The van der Waals surface area contributed by atoms with Crippen LogP contribution in [0.25, 0.3) is 10.9 Å². The standard InChI is InChI=1S/C16H7Cl2F3INO3S/c17-10-4-3-8(16(19,20)21)6-13(10)27(24,25)26-15-12(22)7-11(18)9-2-1-5-23-14(9)15/h1-7H. The van der Waals surface area contributed by atoms with Crippen LogP contribution in [0.3, 0.4) is 0 Å². The van der Waals surface area contributed by atoms with Gasteiger partial charge in [-0.1, -0.05) is 23.2 Å². The van der Waals surface area contributed by atoms with Gasteiger partial charge in [-0.05, 0) is 59.0 Å². The number of benzene rings is 2. The Labute approximate surface area is 175 Å². The van der Waals surface area contributed by atoms with Gasteiger partial charge in [0.25, 0.3) is 0 Å². The third kappa shape index (κ3) is 4.10. The number of fused-ring (bicyclic) bond motifs is 1. The summed E-state index contributed by atoms with van der Waals surface area (Å²) < 4.78 is 69.5. The molecule has 142 valence electrons. The van der Waals surface area contributed by atoms with Gasteiger partial charge in [-0.15, -0.1) is 0 Å². The first kappa shape index (κ1) is 20.4. The fourth-order valence-corrected chi connectivity index (χ4v) is 4.98. The van der Waals surface area contributed by atoms with Crippen LogP contribution in [0, 0.1) is 3.57 Å². The van der Waals surface area contributed by atoms with Gasteiger partial charge in [0.2, 0.25) is 0 Å². The van der Waals surface area contributed by atoms with Crippen molar-refractivity contribution in [3.63, 3.8) is 0 Å². The van der Waals surface area contributed by atoms with E-state index in [1.54, 1.807) is 34.7 Å². The summed E-state index contributed by atoms with van der Waals surface area (Å²) in [7, 11) is -4.67. The fourth-order valence-electron chi connectivity index (χ4n) is 2.25. The normalized spacial score (nSPS) is 12.4. The average Bonchev–Trinajstić information content (AvgIpc) is 2.58. The Balaban J connectivity index is 2.16. The number of aromatic nitrogens is 1. The predicted molar refractivity (Wildman–Crippen MR) is 104 cm³/mol. The molecule has 0 aliphatic carbocycles. The molecule has 3 aromatic rings. The maximum atomic E-state index is 12.9. The van der Waals surface area contributed by atoms with Crippen LogP contribution in [-0.2, 0) is 16.3 Å². The number of hydrogen-bond acceptors (Lipinski definition) is 4. The predicted octanol–water partition coefficient (Wildman–Crippen LogP) is 5.93. The van der Waals surface area contributed by atoms with Crippen molar-refractivity contribution in [1.82, 2.24) is 4.98 Å². The van der Waals surface area contributed by atoms with Gasteiger partial charge in [0.05, 0.1) is 19.2 Å². The Morgan fingerprint density at radius 3 is 2.44 bits per heavy atom. The van der Waals surface area contributed by atoms with Crippen LogP contribution in [0.15, 0.2) is 47.5 Å². The highest BCUT2D eigenvalue weighted by Gasteiger charge is 2.33. The molecule has 3 rings (SSSR count). The Hall–Kier alpha value is -1.30. The monoisotopic (exact) mass is 547 g/mol. The molecule has 0 aliphatic rings. The van der Waals surface area contributed by atoms with Crippen LogP contribution < -0.4 is 4.18 Å². The van der Waals surface area contributed by atoms with E-state index in [-0.39, 0.29) is 11.3 Å². The molecule has 2 aromatic carbocycles. The lowest BCUT2D eigenvalue weighted by Crippen LogP contribution is -2.14.